The lowest BCUT2D eigenvalue weighted by atomic mass is 9.78. The molecule has 0 aromatic carbocycles. The van der Waals surface area contributed by atoms with Crippen LogP contribution >= 0.6 is 11.6 Å². The average Bonchev–Trinajstić information content (AvgIpc) is 2.14. The number of hydrogen-bond acceptors (Lipinski definition) is 1. The highest BCUT2D eigenvalue weighted by Gasteiger charge is 2.24. The van der Waals surface area contributed by atoms with Crippen LogP contribution in [0, 0.1) is 11.8 Å². The van der Waals surface area contributed by atoms with Crippen LogP contribution in [0.25, 0.3) is 0 Å². The van der Waals surface area contributed by atoms with E-state index in [0.29, 0.717) is 11.8 Å². The molecule has 0 aromatic heterocycles. The summed E-state index contributed by atoms with van der Waals surface area (Å²) in [6, 6.07) is 0. The van der Waals surface area contributed by atoms with Crippen LogP contribution in [0.4, 0.5) is 0 Å². The number of aliphatic hydroxyl groups is 1. The molecular formula is C11H21ClO. The van der Waals surface area contributed by atoms with Crippen LogP contribution in [-0.4, -0.2) is 17.1 Å². The molecule has 1 nitrogen and oxygen atoms in total. The van der Waals surface area contributed by atoms with E-state index in [0.717, 1.165) is 18.8 Å². The Hall–Kier alpha value is 0.250. The lowest BCUT2D eigenvalue weighted by molar-refractivity contribution is 0.0645. The molecule has 1 fully saturated rings. The van der Waals surface area contributed by atoms with Gasteiger partial charge in [0.15, 0.2) is 0 Å². The highest BCUT2D eigenvalue weighted by Crippen LogP contribution is 2.31. The van der Waals surface area contributed by atoms with Gasteiger partial charge < -0.3 is 5.11 Å². The van der Waals surface area contributed by atoms with Crippen molar-refractivity contribution in [2.75, 3.05) is 5.88 Å². The summed E-state index contributed by atoms with van der Waals surface area (Å²) in [5, 5.41) is 9.86. The highest BCUT2D eigenvalue weighted by atomic mass is 35.5. The van der Waals surface area contributed by atoms with Crippen LogP contribution in [0.3, 0.4) is 0 Å². The Morgan fingerprint density at radius 3 is 2.85 bits per heavy atom. The molecule has 0 spiro atoms. The molecule has 0 amide bonds. The Morgan fingerprint density at radius 2 is 2.23 bits per heavy atom. The molecule has 1 saturated carbocycles. The van der Waals surface area contributed by atoms with Gasteiger partial charge in [-0.2, -0.15) is 0 Å². The second-order valence-corrected chi connectivity index (χ2v) is 4.81. The summed E-state index contributed by atoms with van der Waals surface area (Å²) in [7, 11) is 0. The molecule has 2 heteroatoms. The first-order valence-electron chi connectivity index (χ1n) is 5.48. The smallest absolute Gasteiger partial charge is 0.0568 e. The summed E-state index contributed by atoms with van der Waals surface area (Å²) >= 11 is 5.60. The highest BCUT2D eigenvalue weighted by molar-refractivity contribution is 6.17. The topological polar surface area (TPSA) is 20.2 Å². The maximum absolute atomic E-state index is 9.86. The molecule has 78 valence electrons. The van der Waals surface area contributed by atoms with Crippen LogP contribution in [0.1, 0.15) is 45.4 Å². The van der Waals surface area contributed by atoms with Gasteiger partial charge in [-0.15, -0.1) is 11.6 Å². The van der Waals surface area contributed by atoms with Crippen LogP contribution < -0.4 is 0 Å². The van der Waals surface area contributed by atoms with Crippen molar-refractivity contribution in [1.82, 2.24) is 0 Å². The molecule has 1 aliphatic rings. The van der Waals surface area contributed by atoms with Gasteiger partial charge in [-0.1, -0.05) is 19.8 Å². The first kappa shape index (κ1) is 11.3. The molecule has 1 aliphatic carbocycles. The second kappa shape index (κ2) is 5.87. The SMILES string of the molecule is CC1CCCC(C(O)CCCCl)C1. The van der Waals surface area contributed by atoms with E-state index in [1.807, 2.05) is 0 Å². The Morgan fingerprint density at radius 1 is 1.46 bits per heavy atom. The van der Waals surface area contributed by atoms with Crippen LogP contribution in [0.2, 0.25) is 0 Å². The fourth-order valence-corrected chi connectivity index (χ4v) is 2.51. The van der Waals surface area contributed by atoms with E-state index >= 15 is 0 Å². The van der Waals surface area contributed by atoms with Gasteiger partial charge in [0.2, 0.25) is 0 Å². The van der Waals surface area contributed by atoms with Gasteiger partial charge in [0.05, 0.1) is 6.10 Å². The first-order valence-corrected chi connectivity index (χ1v) is 6.01. The molecule has 1 rings (SSSR count). The number of hydrogen-bond donors (Lipinski definition) is 1. The van der Waals surface area contributed by atoms with Gasteiger partial charge in [-0.25, -0.2) is 0 Å². The molecule has 0 radical (unpaired) electrons. The second-order valence-electron chi connectivity index (χ2n) is 4.43. The van der Waals surface area contributed by atoms with Gasteiger partial charge in [0.25, 0.3) is 0 Å². The molecule has 0 bridgehead atoms. The first-order chi connectivity index (χ1) is 6.24. The zero-order valence-electron chi connectivity index (χ0n) is 8.51. The lowest BCUT2D eigenvalue weighted by Gasteiger charge is -2.30. The molecule has 1 N–H and O–H groups in total. The molecule has 13 heavy (non-hydrogen) atoms. The minimum atomic E-state index is -0.0958. The maximum atomic E-state index is 9.86. The average molecular weight is 205 g/mol. The van der Waals surface area contributed by atoms with E-state index in [-0.39, 0.29) is 6.10 Å². The predicted molar refractivity (Wildman–Crippen MR) is 57.1 cm³/mol. The van der Waals surface area contributed by atoms with Gasteiger partial charge in [-0.05, 0) is 37.5 Å². The quantitative estimate of drug-likeness (QED) is 0.698. The third-order valence-electron chi connectivity index (χ3n) is 3.15. The summed E-state index contributed by atoms with van der Waals surface area (Å²) in [5.41, 5.74) is 0. The van der Waals surface area contributed by atoms with Crippen molar-refractivity contribution >= 4 is 11.6 Å². The summed E-state index contributed by atoms with van der Waals surface area (Å²) in [6.07, 6.45) is 6.82. The number of aliphatic hydroxyl groups excluding tert-OH is 1. The minimum Gasteiger partial charge on any atom is -0.393 e. The fourth-order valence-electron chi connectivity index (χ4n) is 2.35. The van der Waals surface area contributed by atoms with Crippen molar-refractivity contribution in [1.29, 1.82) is 0 Å². The zero-order valence-corrected chi connectivity index (χ0v) is 9.26. The van der Waals surface area contributed by atoms with E-state index in [2.05, 4.69) is 6.92 Å². The monoisotopic (exact) mass is 204 g/mol. The van der Waals surface area contributed by atoms with E-state index in [9.17, 15) is 5.11 Å². The van der Waals surface area contributed by atoms with Crippen molar-refractivity contribution in [3.05, 3.63) is 0 Å². The van der Waals surface area contributed by atoms with Crippen LogP contribution in [0.15, 0.2) is 0 Å². The number of halogens is 1. The van der Waals surface area contributed by atoms with E-state index in [1.54, 1.807) is 0 Å². The normalized spacial score (nSPS) is 31.6. The minimum absolute atomic E-state index is 0.0958. The van der Waals surface area contributed by atoms with Gasteiger partial charge in [0.1, 0.15) is 0 Å². The Kier molecular flexibility index (Phi) is 5.12. The Labute approximate surface area is 86.5 Å². The van der Waals surface area contributed by atoms with Crippen molar-refractivity contribution in [3.63, 3.8) is 0 Å². The van der Waals surface area contributed by atoms with Gasteiger partial charge >= 0.3 is 0 Å². The number of alkyl halides is 1. The lowest BCUT2D eigenvalue weighted by Crippen LogP contribution is -2.25. The molecule has 3 unspecified atom stereocenters. The molecule has 0 aromatic rings. The van der Waals surface area contributed by atoms with Crippen molar-refractivity contribution in [2.24, 2.45) is 11.8 Å². The molecule has 3 atom stereocenters. The molecule has 0 heterocycles. The van der Waals surface area contributed by atoms with E-state index < -0.39 is 0 Å². The summed E-state index contributed by atoms with van der Waals surface area (Å²) in [6.45, 7) is 2.29. The van der Waals surface area contributed by atoms with Gasteiger partial charge in [0, 0.05) is 5.88 Å². The maximum Gasteiger partial charge on any atom is 0.0568 e. The predicted octanol–water partition coefficient (Wildman–Crippen LogP) is 3.19. The summed E-state index contributed by atoms with van der Waals surface area (Å²) in [4.78, 5) is 0. The molecule has 0 aliphatic heterocycles. The third-order valence-corrected chi connectivity index (χ3v) is 3.42. The van der Waals surface area contributed by atoms with Crippen LogP contribution in [0.5, 0.6) is 0 Å². The van der Waals surface area contributed by atoms with Gasteiger partial charge in [-0.3, -0.25) is 0 Å². The summed E-state index contributed by atoms with van der Waals surface area (Å²) < 4.78 is 0. The third kappa shape index (κ3) is 3.86. The van der Waals surface area contributed by atoms with E-state index in [1.165, 1.54) is 25.7 Å². The molecular weight excluding hydrogens is 184 g/mol. The summed E-state index contributed by atoms with van der Waals surface area (Å²) in [5.74, 6) is 2.04. The van der Waals surface area contributed by atoms with Crippen LogP contribution in [-0.2, 0) is 0 Å². The van der Waals surface area contributed by atoms with Crippen molar-refractivity contribution in [3.8, 4) is 0 Å². The van der Waals surface area contributed by atoms with Crippen molar-refractivity contribution in [2.45, 2.75) is 51.6 Å². The standard InChI is InChI=1S/C11H21ClO/c1-9-4-2-5-10(8-9)11(13)6-3-7-12/h9-11,13H,2-8H2,1H3. The number of rotatable bonds is 4. The van der Waals surface area contributed by atoms with Crippen molar-refractivity contribution < 1.29 is 5.11 Å². The Balaban J connectivity index is 2.24. The zero-order chi connectivity index (χ0) is 9.68. The van der Waals surface area contributed by atoms with E-state index in [4.69, 9.17) is 11.6 Å². The fraction of sp³-hybridized carbons (Fsp3) is 1.00. The Bertz CT molecular complexity index is 138. The molecule has 0 saturated heterocycles. The largest absolute Gasteiger partial charge is 0.393 e.